The topological polar surface area (TPSA) is 80.6 Å². The van der Waals surface area contributed by atoms with Crippen LogP contribution >= 0.6 is 0 Å². The average molecular weight is 264 g/mol. The summed E-state index contributed by atoms with van der Waals surface area (Å²) in [5.41, 5.74) is -0.538. The SMILES string of the molecule is CC(=O)n1cc(-c2ncc(F)c(=O)[nH]2)nc1C(C)C. The summed E-state index contributed by atoms with van der Waals surface area (Å²) in [7, 11) is 0. The normalized spacial score (nSPS) is 11.0. The molecular weight excluding hydrogens is 251 g/mol. The Balaban J connectivity index is 2.57. The van der Waals surface area contributed by atoms with Gasteiger partial charge in [0.2, 0.25) is 11.7 Å². The summed E-state index contributed by atoms with van der Waals surface area (Å²) >= 11 is 0. The zero-order chi connectivity index (χ0) is 14.2. The van der Waals surface area contributed by atoms with Gasteiger partial charge in [-0.25, -0.2) is 9.97 Å². The Bertz CT molecular complexity index is 687. The van der Waals surface area contributed by atoms with Crippen molar-refractivity contribution in [3.05, 3.63) is 34.4 Å². The van der Waals surface area contributed by atoms with E-state index in [2.05, 4.69) is 15.0 Å². The molecule has 0 spiro atoms. The molecule has 2 heterocycles. The van der Waals surface area contributed by atoms with E-state index in [1.165, 1.54) is 17.7 Å². The van der Waals surface area contributed by atoms with Gasteiger partial charge in [0.05, 0.1) is 6.20 Å². The van der Waals surface area contributed by atoms with E-state index in [-0.39, 0.29) is 17.6 Å². The number of carbonyl (C=O) groups is 1. The lowest BCUT2D eigenvalue weighted by Crippen LogP contribution is -2.12. The van der Waals surface area contributed by atoms with Gasteiger partial charge in [0.1, 0.15) is 11.5 Å². The Morgan fingerprint density at radius 2 is 2.16 bits per heavy atom. The van der Waals surface area contributed by atoms with E-state index in [4.69, 9.17) is 0 Å². The van der Waals surface area contributed by atoms with E-state index in [0.29, 0.717) is 11.5 Å². The minimum atomic E-state index is -0.959. The molecule has 0 aliphatic carbocycles. The number of nitrogens with zero attached hydrogens (tertiary/aromatic N) is 3. The molecule has 7 heteroatoms. The maximum atomic E-state index is 12.9. The maximum Gasteiger partial charge on any atom is 0.287 e. The second-order valence-corrected chi connectivity index (χ2v) is 4.44. The largest absolute Gasteiger partial charge is 0.303 e. The van der Waals surface area contributed by atoms with Crippen molar-refractivity contribution in [2.24, 2.45) is 0 Å². The van der Waals surface area contributed by atoms with Crippen LogP contribution in [0, 0.1) is 5.82 Å². The van der Waals surface area contributed by atoms with E-state index >= 15 is 0 Å². The van der Waals surface area contributed by atoms with Crippen molar-refractivity contribution < 1.29 is 9.18 Å². The van der Waals surface area contributed by atoms with Crippen LogP contribution < -0.4 is 5.56 Å². The predicted octanol–water partition coefficient (Wildman–Crippen LogP) is 1.56. The van der Waals surface area contributed by atoms with Crippen molar-refractivity contribution in [3.8, 4) is 11.5 Å². The lowest BCUT2D eigenvalue weighted by atomic mass is 10.2. The molecule has 0 unspecified atom stereocenters. The number of aromatic nitrogens is 4. The van der Waals surface area contributed by atoms with Crippen LogP contribution in [-0.2, 0) is 0 Å². The first-order valence-corrected chi connectivity index (χ1v) is 5.75. The Labute approximate surface area is 108 Å². The van der Waals surface area contributed by atoms with Gasteiger partial charge in [-0.15, -0.1) is 0 Å². The minimum Gasteiger partial charge on any atom is -0.303 e. The molecule has 6 nitrogen and oxygen atoms in total. The van der Waals surface area contributed by atoms with E-state index in [9.17, 15) is 14.0 Å². The summed E-state index contributed by atoms with van der Waals surface area (Å²) in [5.74, 6) is -0.418. The van der Waals surface area contributed by atoms with Crippen LogP contribution in [0.3, 0.4) is 0 Å². The number of nitrogens with one attached hydrogen (secondary N) is 1. The van der Waals surface area contributed by atoms with Crippen LogP contribution in [-0.4, -0.2) is 25.4 Å². The number of hydrogen-bond acceptors (Lipinski definition) is 4. The molecule has 0 aliphatic rings. The Morgan fingerprint density at radius 1 is 1.47 bits per heavy atom. The van der Waals surface area contributed by atoms with Gasteiger partial charge in [0.15, 0.2) is 5.82 Å². The van der Waals surface area contributed by atoms with Crippen molar-refractivity contribution in [2.45, 2.75) is 26.7 Å². The lowest BCUT2D eigenvalue weighted by Gasteiger charge is -2.04. The molecule has 19 heavy (non-hydrogen) atoms. The molecule has 0 fully saturated rings. The molecule has 0 bridgehead atoms. The first-order chi connectivity index (χ1) is 8.90. The molecular formula is C12H13FN4O2. The summed E-state index contributed by atoms with van der Waals surface area (Å²) in [6.07, 6.45) is 2.31. The fraction of sp³-hybridized carbons (Fsp3) is 0.333. The fourth-order valence-corrected chi connectivity index (χ4v) is 1.68. The van der Waals surface area contributed by atoms with Gasteiger partial charge < -0.3 is 4.98 Å². The Hall–Kier alpha value is -2.31. The van der Waals surface area contributed by atoms with E-state index in [1.807, 2.05) is 13.8 Å². The molecule has 0 radical (unpaired) electrons. The highest BCUT2D eigenvalue weighted by Gasteiger charge is 2.16. The van der Waals surface area contributed by atoms with Crippen LogP contribution in [0.15, 0.2) is 17.2 Å². The zero-order valence-electron chi connectivity index (χ0n) is 10.8. The molecule has 2 rings (SSSR count). The van der Waals surface area contributed by atoms with Crippen LogP contribution in [0.25, 0.3) is 11.5 Å². The highest BCUT2D eigenvalue weighted by molar-refractivity contribution is 5.78. The number of hydrogen-bond donors (Lipinski definition) is 1. The lowest BCUT2D eigenvalue weighted by molar-refractivity contribution is 0.0932. The second-order valence-electron chi connectivity index (χ2n) is 4.44. The van der Waals surface area contributed by atoms with Gasteiger partial charge in [-0.05, 0) is 0 Å². The second kappa shape index (κ2) is 4.75. The number of aromatic amines is 1. The standard InChI is InChI=1S/C12H13FN4O2/c1-6(2)11-15-9(5-17(11)7(3)18)10-14-4-8(13)12(19)16-10/h4-6H,1-3H3,(H,14,16,19). The van der Waals surface area contributed by atoms with Gasteiger partial charge in [0.25, 0.3) is 5.56 Å². The number of rotatable bonds is 2. The molecule has 100 valence electrons. The third-order valence-electron chi connectivity index (χ3n) is 2.59. The highest BCUT2D eigenvalue weighted by atomic mass is 19.1. The first kappa shape index (κ1) is 13.1. The van der Waals surface area contributed by atoms with Gasteiger partial charge in [-0.1, -0.05) is 13.8 Å². The number of imidazole rings is 1. The Kier molecular flexibility index (Phi) is 3.28. The maximum absolute atomic E-state index is 12.9. The van der Waals surface area contributed by atoms with Crippen LogP contribution in [0.5, 0.6) is 0 Å². The van der Waals surface area contributed by atoms with E-state index in [0.717, 1.165) is 6.20 Å². The fourth-order valence-electron chi connectivity index (χ4n) is 1.68. The summed E-state index contributed by atoms with van der Waals surface area (Å²) in [6, 6.07) is 0. The van der Waals surface area contributed by atoms with Crippen LogP contribution in [0.4, 0.5) is 4.39 Å². The first-order valence-electron chi connectivity index (χ1n) is 5.75. The summed E-state index contributed by atoms with van der Waals surface area (Å²) in [4.78, 5) is 33.0. The number of carbonyl (C=O) groups excluding carboxylic acids is 1. The molecule has 0 saturated carbocycles. The predicted molar refractivity (Wildman–Crippen MR) is 66.4 cm³/mol. The number of H-pyrrole nitrogens is 1. The Morgan fingerprint density at radius 3 is 2.63 bits per heavy atom. The van der Waals surface area contributed by atoms with Crippen molar-refractivity contribution in [2.75, 3.05) is 0 Å². The van der Waals surface area contributed by atoms with Crippen LogP contribution in [0.2, 0.25) is 0 Å². The van der Waals surface area contributed by atoms with Gasteiger partial charge >= 0.3 is 0 Å². The van der Waals surface area contributed by atoms with Crippen LogP contribution in [0.1, 0.15) is 37.3 Å². The molecule has 2 aromatic rings. The summed E-state index contributed by atoms with van der Waals surface area (Å²) in [6.45, 7) is 5.21. The summed E-state index contributed by atoms with van der Waals surface area (Å²) < 4.78 is 14.3. The van der Waals surface area contributed by atoms with Gasteiger partial charge in [-0.3, -0.25) is 14.2 Å². The monoisotopic (exact) mass is 264 g/mol. The number of halogens is 1. The molecule has 2 aromatic heterocycles. The zero-order valence-corrected chi connectivity index (χ0v) is 10.8. The quantitative estimate of drug-likeness (QED) is 0.892. The third kappa shape index (κ3) is 2.44. The molecule has 0 aliphatic heterocycles. The third-order valence-corrected chi connectivity index (χ3v) is 2.59. The van der Waals surface area contributed by atoms with E-state index < -0.39 is 11.4 Å². The molecule has 0 saturated heterocycles. The van der Waals surface area contributed by atoms with Crippen molar-refractivity contribution >= 4 is 5.91 Å². The average Bonchev–Trinajstić information content (AvgIpc) is 2.78. The molecule has 1 N–H and O–H groups in total. The molecule has 0 aromatic carbocycles. The van der Waals surface area contributed by atoms with E-state index in [1.54, 1.807) is 0 Å². The van der Waals surface area contributed by atoms with Gasteiger partial charge in [0, 0.05) is 19.0 Å². The minimum absolute atomic E-state index is 0.0322. The smallest absolute Gasteiger partial charge is 0.287 e. The van der Waals surface area contributed by atoms with Crippen molar-refractivity contribution in [1.82, 2.24) is 19.5 Å². The van der Waals surface area contributed by atoms with Gasteiger partial charge in [-0.2, -0.15) is 4.39 Å². The molecule has 0 amide bonds. The highest BCUT2D eigenvalue weighted by Crippen LogP contribution is 2.19. The van der Waals surface area contributed by atoms with Crippen molar-refractivity contribution in [3.63, 3.8) is 0 Å². The molecule has 0 atom stereocenters. The van der Waals surface area contributed by atoms with Crippen molar-refractivity contribution in [1.29, 1.82) is 0 Å². The summed E-state index contributed by atoms with van der Waals surface area (Å²) in [5, 5.41) is 0.